The Kier molecular flexibility index (Phi) is 9.87. The predicted molar refractivity (Wildman–Crippen MR) is 149 cm³/mol. The Balaban J connectivity index is 1.41. The molecule has 0 amide bonds. The molecule has 7 heteroatoms. The molecule has 0 saturated heterocycles. The van der Waals surface area contributed by atoms with Gasteiger partial charge >= 0.3 is 5.97 Å². The van der Waals surface area contributed by atoms with Gasteiger partial charge in [0.2, 0.25) is 10.0 Å². The molecule has 200 valence electrons. The molecule has 1 fully saturated rings. The fourth-order valence-corrected chi connectivity index (χ4v) is 6.21. The summed E-state index contributed by atoms with van der Waals surface area (Å²) in [4.78, 5) is 11.7. The number of methoxy groups -OCH3 is 1. The van der Waals surface area contributed by atoms with E-state index in [2.05, 4.69) is 41.1 Å². The van der Waals surface area contributed by atoms with Crippen LogP contribution in [0.4, 0.5) is 0 Å². The standard InChI is InChI=1S/C31H35NO5S/c1-36-31(33)16-10-4-9-15-28-29(32-38(34,35)27-13-7-3-8-14-27)21-22-30(28)37-23-24-17-19-26(20-18-24)25-11-5-2-6-12-25/h2-9,11-14,17-20,28-30,32H,10,15-16,21-23H2,1H3/t28-,29+,30+/m1/s1. The van der Waals surface area contributed by atoms with Gasteiger partial charge in [0.05, 0.1) is 24.7 Å². The van der Waals surface area contributed by atoms with Crippen molar-refractivity contribution in [3.63, 3.8) is 0 Å². The van der Waals surface area contributed by atoms with Gasteiger partial charge in [0.1, 0.15) is 0 Å². The first-order valence-corrected chi connectivity index (χ1v) is 14.5. The summed E-state index contributed by atoms with van der Waals surface area (Å²) in [6.07, 6.45) is 6.92. The second kappa shape index (κ2) is 13.5. The lowest BCUT2D eigenvalue weighted by atomic mass is 9.97. The number of carbonyl (C=O) groups is 1. The van der Waals surface area contributed by atoms with Gasteiger partial charge in [0.25, 0.3) is 0 Å². The predicted octanol–water partition coefficient (Wildman–Crippen LogP) is 5.90. The Labute approximate surface area is 225 Å². The van der Waals surface area contributed by atoms with Gasteiger partial charge in [-0.3, -0.25) is 4.79 Å². The van der Waals surface area contributed by atoms with Crippen LogP contribution in [-0.2, 0) is 30.9 Å². The van der Waals surface area contributed by atoms with E-state index in [9.17, 15) is 13.2 Å². The number of sulfonamides is 1. The number of hydrogen-bond acceptors (Lipinski definition) is 5. The molecule has 0 spiro atoms. The Bertz CT molecular complexity index is 1290. The molecule has 1 aliphatic rings. The molecule has 0 radical (unpaired) electrons. The largest absolute Gasteiger partial charge is 0.469 e. The van der Waals surface area contributed by atoms with Crippen molar-refractivity contribution in [2.24, 2.45) is 5.92 Å². The Morgan fingerprint density at radius 1 is 0.895 bits per heavy atom. The highest BCUT2D eigenvalue weighted by Gasteiger charge is 2.38. The Morgan fingerprint density at radius 2 is 1.55 bits per heavy atom. The minimum Gasteiger partial charge on any atom is -0.469 e. The van der Waals surface area contributed by atoms with Gasteiger partial charge in [-0.1, -0.05) is 84.9 Å². The summed E-state index contributed by atoms with van der Waals surface area (Å²) in [6.45, 7) is 0.459. The van der Waals surface area contributed by atoms with Crippen LogP contribution >= 0.6 is 0 Å². The molecule has 0 bridgehead atoms. The molecule has 38 heavy (non-hydrogen) atoms. The minimum absolute atomic E-state index is 0.0218. The van der Waals surface area contributed by atoms with E-state index in [1.54, 1.807) is 30.3 Å². The lowest BCUT2D eigenvalue weighted by molar-refractivity contribution is -0.140. The summed E-state index contributed by atoms with van der Waals surface area (Å²) in [7, 11) is -2.26. The summed E-state index contributed by atoms with van der Waals surface area (Å²) in [5, 5.41) is 0. The second-order valence-corrected chi connectivity index (χ2v) is 11.2. The zero-order chi connectivity index (χ0) is 26.8. The van der Waals surface area contributed by atoms with Gasteiger partial charge < -0.3 is 9.47 Å². The number of esters is 1. The van der Waals surface area contributed by atoms with Crippen LogP contribution in [0.25, 0.3) is 11.1 Å². The Hall–Kier alpha value is -3.26. The number of hydrogen-bond donors (Lipinski definition) is 1. The van der Waals surface area contributed by atoms with Crippen LogP contribution in [0.5, 0.6) is 0 Å². The third kappa shape index (κ3) is 7.63. The summed E-state index contributed by atoms with van der Waals surface area (Å²) >= 11 is 0. The van der Waals surface area contributed by atoms with Gasteiger partial charge in [-0.25, -0.2) is 13.1 Å². The fourth-order valence-electron chi connectivity index (χ4n) is 4.87. The highest BCUT2D eigenvalue weighted by molar-refractivity contribution is 7.89. The van der Waals surface area contributed by atoms with Crippen molar-refractivity contribution in [2.45, 2.75) is 55.8 Å². The summed E-state index contributed by atoms with van der Waals surface area (Å²) in [5.74, 6) is -0.269. The van der Waals surface area contributed by atoms with E-state index in [0.717, 1.165) is 17.5 Å². The topological polar surface area (TPSA) is 81.7 Å². The minimum atomic E-state index is -3.64. The van der Waals surface area contributed by atoms with Gasteiger partial charge in [-0.2, -0.15) is 0 Å². The van der Waals surface area contributed by atoms with Crippen molar-refractivity contribution in [1.29, 1.82) is 0 Å². The molecule has 1 aliphatic carbocycles. The third-order valence-electron chi connectivity index (χ3n) is 6.96. The molecule has 1 N–H and O–H groups in total. The molecular formula is C31H35NO5S. The van der Waals surface area contributed by atoms with Gasteiger partial charge in [-0.15, -0.1) is 0 Å². The first-order chi connectivity index (χ1) is 18.5. The Morgan fingerprint density at radius 3 is 2.24 bits per heavy atom. The molecule has 3 aromatic carbocycles. The number of benzene rings is 3. The maximum Gasteiger partial charge on any atom is 0.305 e. The molecular weight excluding hydrogens is 498 g/mol. The summed E-state index contributed by atoms with van der Waals surface area (Å²) in [6, 6.07) is 26.8. The van der Waals surface area contributed by atoms with Crippen LogP contribution in [0.15, 0.2) is 102 Å². The van der Waals surface area contributed by atoms with Gasteiger partial charge in [0.15, 0.2) is 0 Å². The van der Waals surface area contributed by atoms with E-state index < -0.39 is 10.0 Å². The van der Waals surface area contributed by atoms with E-state index in [0.29, 0.717) is 32.3 Å². The summed E-state index contributed by atoms with van der Waals surface area (Å²) in [5.41, 5.74) is 3.40. The maximum absolute atomic E-state index is 13.0. The second-order valence-electron chi connectivity index (χ2n) is 9.52. The van der Waals surface area contributed by atoms with Crippen molar-refractivity contribution in [3.05, 3.63) is 103 Å². The van der Waals surface area contributed by atoms with Crippen molar-refractivity contribution in [2.75, 3.05) is 7.11 Å². The van der Waals surface area contributed by atoms with Crippen LogP contribution in [-0.4, -0.2) is 33.6 Å². The van der Waals surface area contributed by atoms with Crippen LogP contribution in [0.2, 0.25) is 0 Å². The van der Waals surface area contributed by atoms with Crippen LogP contribution < -0.4 is 4.72 Å². The summed E-state index contributed by atoms with van der Waals surface area (Å²) < 4.78 is 40.1. The van der Waals surface area contributed by atoms with E-state index >= 15 is 0 Å². The molecule has 6 nitrogen and oxygen atoms in total. The highest BCUT2D eigenvalue weighted by Crippen LogP contribution is 2.34. The number of carbonyl (C=O) groups excluding carboxylic acids is 1. The number of nitrogens with one attached hydrogen (secondary N) is 1. The van der Waals surface area contributed by atoms with Gasteiger partial charge in [-0.05, 0) is 54.5 Å². The molecule has 0 aliphatic heterocycles. The lowest BCUT2D eigenvalue weighted by Crippen LogP contribution is -2.39. The van der Waals surface area contributed by atoms with E-state index in [1.165, 1.54) is 12.7 Å². The quantitative estimate of drug-likeness (QED) is 0.232. The maximum atomic E-state index is 13.0. The first-order valence-electron chi connectivity index (χ1n) is 13.0. The molecule has 0 aromatic heterocycles. The van der Waals surface area contributed by atoms with E-state index in [-0.39, 0.29) is 28.9 Å². The SMILES string of the molecule is COC(=O)CCC=CC[C@@H]1[C@@H](NS(=O)(=O)c2ccccc2)CC[C@@H]1OCc1ccc(-c2ccccc2)cc1. The van der Waals surface area contributed by atoms with E-state index in [1.807, 2.05) is 30.4 Å². The zero-order valence-corrected chi connectivity index (χ0v) is 22.5. The van der Waals surface area contributed by atoms with Crippen molar-refractivity contribution >= 4 is 16.0 Å². The zero-order valence-electron chi connectivity index (χ0n) is 21.7. The highest BCUT2D eigenvalue weighted by atomic mass is 32.2. The smallest absolute Gasteiger partial charge is 0.305 e. The number of ether oxygens (including phenoxy) is 2. The lowest BCUT2D eigenvalue weighted by Gasteiger charge is -2.25. The number of allylic oxidation sites excluding steroid dienone is 2. The molecule has 4 rings (SSSR count). The first kappa shape index (κ1) is 27.8. The van der Waals surface area contributed by atoms with Gasteiger partial charge in [0, 0.05) is 18.4 Å². The average Bonchev–Trinajstić information content (AvgIpc) is 3.33. The normalized spacial score (nSPS) is 19.6. The monoisotopic (exact) mass is 533 g/mol. The van der Waals surface area contributed by atoms with Crippen LogP contribution in [0.3, 0.4) is 0 Å². The average molecular weight is 534 g/mol. The van der Waals surface area contributed by atoms with E-state index in [4.69, 9.17) is 9.47 Å². The fraction of sp³-hybridized carbons (Fsp3) is 0.323. The van der Waals surface area contributed by atoms with Crippen molar-refractivity contribution < 1.29 is 22.7 Å². The molecule has 3 aromatic rings. The number of rotatable bonds is 12. The molecule has 0 unspecified atom stereocenters. The molecule has 0 heterocycles. The molecule has 3 atom stereocenters. The van der Waals surface area contributed by atoms with Crippen LogP contribution in [0, 0.1) is 5.92 Å². The third-order valence-corrected chi connectivity index (χ3v) is 8.47. The van der Waals surface area contributed by atoms with Crippen molar-refractivity contribution in [3.8, 4) is 11.1 Å². The van der Waals surface area contributed by atoms with Crippen LogP contribution in [0.1, 0.15) is 37.7 Å². The van der Waals surface area contributed by atoms with Crippen molar-refractivity contribution in [1.82, 2.24) is 4.72 Å². The molecule has 1 saturated carbocycles.